The van der Waals surface area contributed by atoms with Crippen molar-refractivity contribution >= 4 is 39.1 Å². The molecule has 0 bridgehead atoms. The van der Waals surface area contributed by atoms with Crippen LogP contribution in [0.15, 0.2) is 71.3 Å². The molecule has 0 saturated heterocycles. The number of hydrogen-bond donors (Lipinski definition) is 2. The van der Waals surface area contributed by atoms with Crippen LogP contribution in [-0.2, 0) is 6.54 Å². The topological polar surface area (TPSA) is 63.1 Å². The van der Waals surface area contributed by atoms with Gasteiger partial charge in [0, 0.05) is 22.8 Å². The Bertz CT molecular complexity index is 935. The molecule has 0 aliphatic carbocycles. The van der Waals surface area contributed by atoms with E-state index in [9.17, 15) is 9.59 Å². The maximum Gasteiger partial charge on any atom is 0.272 e. The van der Waals surface area contributed by atoms with E-state index in [-0.39, 0.29) is 11.8 Å². The molecule has 0 aliphatic heterocycles. The van der Waals surface area contributed by atoms with E-state index in [4.69, 9.17) is 0 Å². The minimum absolute atomic E-state index is 0.230. The first kappa shape index (κ1) is 17.9. The molecule has 2 amide bonds. The van der Waals surface area contributed by atoms with E-state index in [0.717, 1.165) is 4.47 Å². The van der Waals surface area contributed by atoms with E-state index in [1.54, 1.807) is 42.5 Å². The monoisotopic (exact) mass is 411 g/mol. The number of carbonyl (C=O) groups is 2. The van der Waals surface area contributed by atoms with Crippen LogP contribution in [0.3, 0.4) is 0 Å². The van der Waals surface area contributed by atoms with Crippen molar-refractivity contribution in [3.05, 3.63) is 82.6 Å². The minimum Gasteiger partial charge on any atom is -0.343 e. The van der Waals surface area contributed by atoms with Gasteiger partial charge in [0.1, 0.15) is 5.69 Å². The predicted molar refractivity (Wildman–Crippen MR) is 107 cm³/mol. The fraction of sp³-hybridized carbons (Fsp3) is 0.100. The third kappa shape index (κ3) is 4.03. The molecule has 2 N–H and O–H groups in total. The van der Waals surface area contributed by atoms with Crippen LogP contribution in [0.4, 0.5) is 11.4 Å². The SMILES string of the molecule is CCn1cc(Br)cc1C(=O)Nc1ccccc1NC(=O)c1ccccc1. The predicted octanol–water partition coefficient (Wildman–Crippen LogP) is 4.78. The molecule has 0 unspecified atom stereocenters. The molecule has 3 aromatic rings. The van der Waals surface area contributed by atoms with Crippen molar-refractivity contribution in [1.82, 2.24) is 4.57 Å². The highest BCUT2D eigenvalue weighted by molar-refractivity contribution is 9.10. The number of para-hydroxylation sites is 2. The smallest absolute Gasteiger partial charge is 0.272 e. The van der Waals surface area contributed by atoms with Gasteiger partial charge >= 0.3 is 0 Å². The third-order valence-electron chi connectivity index (χ3n) is 3.90. The van der Waals surface area contributed by atoms with Crippen molar-refractivity contribution in [2.45, 2.75) is 13.5 Å². The molecular formula is C20H18BrN3O2. The minimum atomic E-state index is -0.237. The van der Waals surface area contributed by atoms with Gasteiger partial charge in [-0.2, -0.15) is 0 Å². The van der Waals surface area contributed by atoms with Crippen molar-refractivity contribution in [3.8, 4) is 0 Å². The molecule has 1 aromatic heterocycles. The second-order valence-electron chi connectivity index (χ2n) is 5.65. The van der Waals surface area contributed by atoms with Crippen molar-refractivity contribution in [2.24, 2.45) is 0 Å². The lowest BCUT2D eigenvalue weighted by Crippen LogP contribution is -2.19. The summed E-state index contributed by atoms with van der Waals surface area (Å²) in [5, 5.41) is 5.72. The summed E-state index contributed by atoms with van der Waals surface area (Å²) in [6, 6.07) is 17.8. The van der Waals surface area contributed by atoms with Crippen molar-refractivity contribution in [2.75, 3.05) is 10.6 Å². The van der Waals surface area contributed by atoms with E-state index >= 15 is 0 Å². The van der Waals surface area contributed by atoms with E-state index in [0.29, 0.717) is 29.2 Å². The van der Waals surface area contributed by atoms with Crippen molar-refractivity contribution in [1.29, 1.82) is 0 Å². The number of nitrogens with zero attached hydrogens (tertiary/aromatic N) is 1. The van der Waals surface area contributed by atoms with Crippen LogP contribution >= 0.6 is 15.9 Å². The molecular weight excluding hydrogens is 394 g/mol. The van der Waals surface area contributed by atoms with Gasteiger partial charge in [-0.3, -0.25) is 9.59 Å². The number of halogens is 1. The number of aryl methyl sites for hydroxylation is 1. The highest BCUT2D eigenvalue weighted by atomic mass is 79.9. The van der Waals surface area contributed by atoms with E-state index in [1.165, 1.54) is 0 Å². The first-order valence-corrected chi connectivity index (χ1v) is 9.00. The second-order valence-corrected chi connectivity index (χ2v) is 6.57. The van der Waals surface area contributed by atoms with Crippen LogP contribution in [0.5, 0.6) is 0 Å². The summed E-state index contributed by atoms with van der Waals surface area (Å²) >= 11 is 3.39. The van der Waals surface area contributed by atoms with Crippen LogP contribution in [0, 0.1) is 0 Å². The van der Waals surface area contributed by atoms with Gasteiger partial charge in [0.2, 0.25) is 0 Å². The van der Waals surface area contributed by atoms with E-state index in [1.807, 2.05) is 35.9 Å². The lowest BCUT2D eigenvalue weighted by molar-refractivity contribution is 0.101. The molecule has 3 rings (SSSR count). The summed E-state index contributed by atoms with van der Waals surface area (Å²) in [5.74, 6) is -0.467. The van der Waals surface area contributed by atoms with Crippen LogP contribution in [0.2, 0.25) is 0 Å². The lowest BCUT2D eigenvalue weighted by Gasteiger charge is -2.13. The highest BCUT2D eigenvalue weighted by Crippen LogP contribution is 2.23. The van der Waals surface area contributed by atoms with E-state index in [2.05, 4.69) is 26.6 Å². The molecule has 132 valence electrons. The Kier molecular flexibility index (Phi) is 5.53. The average Bonchev–Trinajstić information content (AvgIpc) is 3.05. The van der Waals surface area contributed by atoms with Crippen molar-refractivity contribution < 1.29 is 9.59 Å². The van der Waals surface area contributed by atoms with Gasteiger partial charge in [-0.1, -0.05) is 30.3 Å². The molecule has 1 heterocycles. The normalized spacial score (nSPS) is 10.4. The molecule has 0 atom stereocenters. The quantitative estimate of drug-likeness (QED) is 0.634. The van der Waals surface area contributed by atoms with Gasteiger partial charge in [-0.15, -0.1) is 0 Å². The van der Waals surface area contributed by atoms with Crippen LogP contribution in [0.1, 0.15) is 27.8 Å². The second kappa shape index (κ2) is 8.01. The fourth-order valence-corrected chi connectivity index (χ4v) is 3.06. The third-order valence-corrected chi connectivity index (χ3v) is 4.33. The summed E-state index contributed by atoms with van der Waals surface area (Å²) in [6.45, 7) is 2.65. The largest absolute Gasteiger partial charge is 0.343 e. The average molecular weight is 412 g/mol. The number of nitrogens with one attached hydrogen (secondary N) is 2. The summed E-state index contributed by atoms with van der Waals surface area (Å²) in [4.78, 5) is 25.0. The number of rotatable bonds is 5. The Labute approximate surface area is 160 Å². The number of benzene rings is 2. The molecule has 2 aromatic carbocycles. The van der Waals surface area contributed by atoms with Crippen LogP contribution in [-0.4, -0.2) is 16.4 Å². The van der Waals surface area contributed by atoms with Gasteiger partial charge in [0.05, 0.1) is 11.4 Å². The zero-order chi connectivity index (χ0) is 18.5. The summed E-state index contributed by atoms with van der Waals surface area (Å²) < 4.78 is 2.69. The number of amides is 2. The number of hydrogen-bond acceptors (Lipinski definition) is 2. The number of anilines is 2. The molecule has 26 heavy (non-hydrogen) atoms. The molecule has 6 heteroatoms. The first-order chi connectivity index (χ1) is 12.6. The van der Waals surface area contributed by atoms with Gasteiger partial charge in [-0.05, 0) is 53.2 Å². The molecule has 0 aliphatic rings. The van der Waals surface area contributed by atoms with Crippen molar-refractivity contribution in [3.63, 3.8) is 0 Å². The Morgan fingerprint density at radius 2 is 1.50 bits per heavy atom. The summed E-state index contributed by atoms with van der Waals surface area (Å²) in [5.41, 5.74) is 2.19. The number of carbonyl (C=O) groups excluding carboxylic acids is 2. The zero-order valence-corrected chi connectivity index (χ0v) is 15.8. The summed E-state index contributed by atoms with van der Waals surface area (Å²) in [7, 11) is 0. The number of aromatic nitrogens is 1. The molecule has 0 spiro atoms. The van der Waals surface area contributed by atoms with Crippen LogP contribution in [0.25, 0.3) is 0 Å². The maximum atomic E-state index is 12.6. The van der Waals surface area contributed by atoms with Gasteiger partial charge in [0.25, 0.3) is 11.8 Å². The maximum absolute atomic E-state index is 12.6. The Balaban J connectivity index is 1.81. The standard InChI is InChI=1S/C20H18BrN3O2/c1-2-24-13-15(21)12-18(24)20(26)23-17-11-7-6-10-16(17)22-19(25)14-8-4-3-5-9-14/h3-13H,2H2,1H3,(H,22,25)(H,23,26). The van der Waals surface area contributed by atoms with Gasteiger partial charge in [0.15, 0.2) is 0 Å². The van der Waals surface area contributed by atoms with Gasteiger partial charge < -0.3 is 15.2 Å². The first-order valence-electron chi connectivity index (χ1n) is 8.21. The zero-order valence-electron chi connectivity index (χ0n) is 14.2. The molecule has 0 saturated carbocycles. The fourth-order valence-electron chi connectivity index (χ4n) is 2.60. The highest BCUT2D eigenvalue weighted by Gasteiger charge is 2.15. The molecule has 0 fully saturated rings. The van der Waals surface area contributed by atoms with Crippen LogP contribution < -0.4 is 10.6 Å². The summed E-state index contributed by atoms with van der Waals surface area (Å²) in [6.07, 6.45) is 1.86. The van der Waals surface area contributed by atoms with E-state index < -0.39 is 0 Å². The molecule has 0 radical (unpaired) electrons. The lowest BCUT2D eigenvalue weighted by atomic mass is 10.2. The Hall–Kier alpha value is -2.86. The Morgan fingerprint density at radius 1 is 0.923 bits per heavy atom. The van der Waals surface area contributed by atoms with Gasteiger partial charge in [-0.25, -0.2) is 0 Å². The molecule has 5 nitrogen and oxygen atoms in total. The Morgan fingerprint density at radius 3 is 2.12 bits per heavy atom.